The Bertz CT molecular complexity index is 962. The van der Waals surface area contributed by atoms with Crippen molar-refractivity contribution in [2.24, 2.45) is 0 Å². The van der Waals surface area contributed by atoms with Crippen molar-refractivity contribution >= 4 is 29.1 Å². The Morgan fingerprint density at radius 2 is 1.89 bits per heavy atom. The molecular weight excluding hydrogens is 386 g/mol. The summed E-state index contributed by atoms with van der Waals surface area (Å²) in [6.07, 6.45) is 0.705. The van der Waals surface area contributed by atoms with Crippen LogP contribution in [0.5, 0.6) is 11.5 Å². The van der Waals surface area contributed by atoms with Gasteiger partial charge >= 0.3 is 5.97 Å². The zero-order chi connectivity index (χ0) is 20.4. The highest BCUT2D eigenvalue weighted by Crippen LogP contribution is 2.38. The van der Waals surface area contributed by atoms with Crippen molar-refractivity contribution in [2.45, 2.75) is 27.2 Å². The molecule has 148 valence electrons. The number of carbonyl (C=O) groups excluding carboxylic acids is 3. The number of ether oxygens (including phenoxy) is 3. The second-order valence-corrected chi connectivity index (χ2v) is 6.92. The SMILES string of the molecule is CC(=O)c1c(C)[nH]c(C(=O)COC(=O)c2cc(Cl)c3c(c2)OCCCO3)c1C. The number of benzene rings is 1. The minimum absolute atomic E-state index is 0.135. The van der Waals surface area contributed by atoms with E-state index < -0.39 is 18.4 Å². The fourth-order valence-corrected chi connectivity index (χ4v) is 3.46. The van der Waals surface area contributed by atoms with E-state index >= 15 is 0 Å². The molecule has 7 nitrogen and oxygen atoms in total. The maximum absolute atomic E-state index is 12.4. The molecule has 0 atom stereocenters. The van der Waals surface area contributed by atoms with Gasteiger partial charge in [-0.1, -0.05) is 11.6 Å². The van der Waals surface area contributed by atoms with E-state index in [-0.39, 0.29) is 22.1 Å². The normalized spacial score (nSPS) is 13.0. The van der Waals surface area contributed by atoms with Crippen molar-refractivity contribution in [2.75, 3.05) is 19.8 Å². The molecule has 0 radical (unpaired) electrons. The van der Waals surface area contributed by atoms with E-state index in [4.69, 9.17) is 25.8 Å². The molecule has 0 amide bonds. The quantitative estimate of drug-likeness (QED) is 0.602. The van der Waals surface area contributed by atoms with Gasteiger partial charge in [0.1, 0.15) is 0 Å². The van der Waals surface area contributed by atoms with E-state index in [0.717, 1.165) is 0 Å². The highest BCUT2D eigenvalue weighted by Gasteiger charge is 2.23. The zero-order valence-corrected chi connectivity index (χ0v) is 16.6. The van der Waals surface area contributed by atoms with Crippen LogP contribution in [0.2, 0.25) is 5.02 Å². The van der Waals surface area contributed by atoms with Crippen LogP contribution in [0.1, 0.15) is 55.8 Å². The molecule has 0 saturated heterocycles. The number of halogens is 1. The molecule has 0 spiro atoms. The van der Waals surface area contributed by atoms with Crippen LogP contribution in [0.15, 0.2) is 12.1 Å². The van der Waals surface area contributed by atoms with Crippen LogP contribution in [0.4, 0.5) is 0 Å². The number of carbonyl (C=O) groups is 3. The van der Waals surface area contributed by atoms with Crippen LogP contribution in [0.3, 0.4) is 0 Å². The third-order valence-electron chi connectivity index (χ3n) is 4.44. The van der Waals surface area contributed by atoms with Crippen LogP contribution in [0.25, 0.3) is 0 Å². The summed E-state index contributed by atoms with van der Waals surface area (Å²) in [6.45, 7) is 5.28. The summed E-state index contributed by atoms with van der Waals surface area (Å²) in [5, 5.41) is 0.236. The lowest BCUT2D eigenvalue weighted by molar-refractivity contribution is 0.0473. The smallest absolute Gasteiger partial charge is 0.338 e. The highest BCUT2D eigenvalue weighted by molar-refractivity contribution is 6.32. The maximum atomic E-state index is 12.4. The number of aromatic nitrogens is 1. The lowest BCUT2D eigenvalue weighted by Gasteiger charge is -2.11. The largest absolute Gasteiger partial charge is 0.489 e. The maximum Gasteiger partial charge on any atom is 0.338 e. The average molecular weight is 406 g/mol. The summed E-state index contributed by atoms with van der Waals surface area (Å²) < 4.78 is 16.2. The standard InChI is InChI=1S/C20H20ClNO6/c1-10-17(12(3)23)11(2)22-18(10)15(24)9-28-20(25)13-7-14(21)19-16(8-13)26-5-4-6-27-19/h7-8,22H,4-6,9H2,1-3H3. The Morgan fingerprint density at radius 1 is 1.18 bits per heavy atom. The van der Waals surface area contributed by atoms with Crippen LogP contribution in [-0.2, 0) is 4.74 Å². The minimum Gasteiger partial charge on any atom is -0.489 e. The first kappa shape index (κ1) is 19.9. The van der Waals surface area contributed by atoms with Crippen molar-refractivity contribution in [3.63, 3.8) is 0 Å². The van der Waals surface area contributed by atoms with Crippen molar-refractivity contribution in [1.82, 2.24) is 4.98 Å². The van der Waals surface area contributed by atoms with E-state index in [0.29, 0.717) is 48.0 Å². The number of Topliss-reactive ketones (excluding diaryl/α,β-unsaturated/α-hetero) is 2. The van der Waals surface area contributed by atoms with E-state index in [1.54, 1.807) is 13.8 Å². The first-order valence-corrected chi connectivity index (χ1v) is 9.17. The number of rotatable bonds is 5. The van der Waals surface area contributed by atoms with Crippen molar-refractivity contribution in [3.8, 4) is 11.5 Å². The van der Waals surface area contributed by atoms with Gasteiger partial charge in [-0.2, -0.15) is 0 Å². The molecule has 3 rings (SSSR count). The molecule has 2 aromatic rings. The third kappa shape index (κ3) is 3.89. The fourth-order valence-electron chi connectivity index (χ4n) is 3.19. The number of esters is 1. The number of H-pyrrole nitrogens is 1. The molecule has 2 heterocycles. The van der Waals surface area contributed by atoms with Crippen LogP contribution in [0, 0.1) is 13.8 Å². The summed E-state index contributed by atoms with van der Waals surface area (Å²) in [5.74, 6) is -0.518. The number of nitrogens with one attached hydrogen (secondary N) is 1. The summed E-state index contributed by atoms with van der Waals surface area (Å²) in [7, 11) is 0. The third-order valence-corrected chi connectivity index (χ3v) is 4.72. The Morgan fingerprint density at radius 3 is 2.57 bits per heavy atom. The lowest BCUT2D eigenvalue weighted by atomic mass is 10.1. The predicted octanol–water partition coefficient (Wildman–Crippen LogP) is 3.69. The van der Waals surface area contributed by atoms with Crippen molar-refractivity contribution < 1.29 is 28.6 Å². The predicted molar refractivity (Wildman–Crippen MR) is 102 cm³/mol. The second kappa shape index (κ2) is 8.06. The molecule has 0 saturated carbocycles. The molecule has 0 aliphatic carbocycles. The van der Waals surface area contributed by atoms with Gasteiger partial charge in [0.15, 0.2) is 23.9 Å². The van der Waals surface area contributed by atoms with Gasteiger partial charge in [-0.15, -0.1) is 0 Å². The summed E-state index contributed by atoms with van der Waals surface area (Å²) in [5.41, 5.74) is 2.04. The van der Waals surface area contributed by atoms with Crippen molar-refractivity contribution in [1.29, 1.82) is 0 Å². The zero-order valence-electron chi connectivity index (χ0n) is 15.8. The molecular formula is C20H20ClNO6. The van der Waals surface area contributed by atoms with E-state index in [9.17, 15) is 14.4 Å². The summed E-state index contributed by atoms with van der Waals surface area (Å²) >= 11 is 6.18. The molecule has 8 heteroatoms. The molecule has 28 heavy (non-hydrogen) atoms. The van der Waals surface area contributed by atoms with Crippen LogP contribution >= 0.6 is 11.6 Å². The Balaban J connectivity index is 1.73. The Hall–Kier alpha value is -2.80. The second-order valence-electron chi connectivity index (χ2n) is 6.52. The molecule has 0 unspecified atom stereocenters. The van der Waals surface area contributed by atoms with Gasteiger partial charge in [-0.25, -0.2) is 4.79 Å². The Kier molecular flexibility index (Phi) is 5.74. The first-order valence-electron chi connectivity index (χ1n) is 8.79. The molecule has 1 aliphatic rings. The number of ketones is 2. The number of hydrogen-bond acceptors (Lipinski definition) is 6. The topological polar surface area (TPSA) is 94.7 Å². The van der Waals surface area contributed by atoms with Gasteiger partial charge in [-0.3, -0.25) is 9.59 Å². The van der Waals surface area contributed by atoms with Gasteiger partial charge in [0.25, 0.3) is 0 Å². The molecule has 1 N–H and O–H groups in total. The first-order chi connectivity index (χ1) is 13.3. The van der Waals surface area contributed by atoms with Crippen LogP contribution in [-0.4, -0.2) is 42.3 Å². The molecule has 1 aromatic carbocycles. The van der Waals surface area contributed by atoms with Gasteiger partial charge in [0.2, 0.25) is 5.78 Å². The van der Waals surface area contributed by atoms with Crippen molar-refractivity contribution in [3.05, 3.63) is 45.2 Å². The minimum atomic E-state index is -0.710. The van der Waals surface area contributed by atoms with Gasteiger partial charge < -0.3 is 19.2 Å². The fraction of sp³-hybridized carbons (Fsp3) is 0.350. The molecule has 1 aliphatic heterocycles. The lowest BCUT2D eigenvalue weighted by Crippen LogP contribution is -2.15. The molecule has 1 aromatic heterocycles. The Labute approximate surface area is 166 Å². The van der Waals surface area contributed by atoms with Crippen LogP contribution < -0.4 is 9.47 Å². The van der Waals surface area contributed by atoms with E-state index in [2.05, 4.69) is 4.98 Å². The average Bonchev–Trinajstić information content (AvgIpc) is 2.81. The van der Waals surface area contributed by atoms with Gasteiger partial charge in [-0.05, 0) is 38.5 Å². The van der Waals surface area contributed by atoms with Gasteiger partial charge in [0, 0.05) is 17.7 Å². The summed E-state index contributed by atoms with van der Waals surface area (Å²) in [4.78, 5) is 39.4. The number of aromatic amines is 1. The number of hydrogen-bond donors (Lipinski definition) is 1. The van der Waals surface area contributed by atoms with E-state index in [1.165, 1.54) is 19.1 Å². The van der Waals surface area contributed by atoms with E-state index in [1.807, 2.05) is 0 Å². The number of aryl methyl sites for hydroxylation is 1. The summed E-state index contributed by atoms with van der Waals surface area (Å²) in [6, 6.07) is 2.90. The highest BCUT2D eigenvalue weighted by atomic mass is 35.5. The molecule has 0 fully saturated rings. The molecule has 0 bridgehead atoms. The monoisotopic (exact) mass is 405 g/mol. The van der Waals surface area contributed by atoms with Gasteiger partial charge in [0.05, 0.1) is 29.5 Å². The number of fused-ring (bicyclic) bond motifs is 1.